The lowest BCUT2D eigenvalue weighted by Crippen LogP contribution is -2.45. The Hall–Kier alpha value is -3.05. The number of fused-ring (bicyclic) bond motifs is 2. The van der Waals surface area contributed by atoms with Crippen molar-refractivity contribution in [3.8, 4) is 0 Å². The van der Waals surface area contributed by atoms with Crippen molar-refractivity contribution in [2.75, 3.05) is 20.1 Å². The van der Waals surface area contributed by atoms with Gasteiger partial charge >= 0.3 is 6.09 Å². The first-order valence-corrected chi connectivity index (χ1v) is 10.5. The van der Waals surface area contributed by atoms with Gasteiger partial charge in [0.1, 0.15) is 6.61 Å². The number of carbonyl (C=O) groups is 1. The highest BCUT2D eigenvalue weighted by Crippen LogP contribution is 2.41. The first-order chi connectivity index (χ1) is 14.6. The summed E-state index contributed by atoms with van der Waals surface area (Å²) in [5.41, 5.74) is 6.43. The van der Waals surface area contributed by atoms with Gasteiger partial charge in [-0.3, -0.25) is 4.90 Å². The van der Waals surface area contributed by atoms with Crippen molar-refractivity contribution in [3.63, 3.8) is 0 Å². The van der Waals surface area contributed by atoms with Crippen molar-refractivity contribution in [3.05, 3.63) is 77.5 Å². The lowest BCUT2D eigenvalue weighted by molar-refractivity contribution is 0.137. The second kappa shape index (κ2) is 7.65. The molecular formula is C25H27N3O2. The molecule has 5 heteroatoms. The number of hydrogen-bond donors (Lipinski definition) is 1. The van der Waals surface area contributed by atoms with Crippen LogP contribution in [0.5, 0.6) is 0 Å². The number of benzene rings is 2. The Morgan fingerprint density at radius 3 is 2.80 bits per heavy atom. The van der Waals surface area contributed by atoms with Crippen LogP contribution in [0, 0.1) is 5.92 Å². The Bertz CT molecular complexity index is 1120. The molecule has 2 aromatic carbocycles. The van der Waals surface area contributed by atoms with Gasteiger partial charge in [0.25, 0.3) is 0 Å². The van der Waals surface area contributed by atoms with E-state index in [0.717, 1.165) is 18.5 Å². The third-order valence-electron chi connectivity index (χ3n) is 6.37. The molecule has 2 aliphatic rings. The summed E-state index contributed by atoms with van der Waals surface area (Å²) < 4.78 is 7.59. The molecule has 1 aromatic heterocycles. The zero-order valence-corrected chi connectivity index (χ0v) is 17.5. The Morgan fingerprint density at radius 1 is 1.13 bits per heavy atom. The van der Waals surface area contributed by atoms with E-state index in [4.69, 9.17) is 4.74 Å². The number of alkyl carbamates (subject to hydrolysis) is 1. The van der Waals surface area contributed by atoms with Crippen LogP contribution in [-0.2, 0) is 24.8 Å². The predicted molar refractivity (Wildman–Crippen MR) is 119 cm³/mol. The lowest BCUT2D eigenvalue weighted by atomic mass is 9.80. The molecule has 2 atom stereocenters. The molecule has 1 amide bonds. The van der Waals surface area contributed by atoms with E-state index < -0.39 is 0 Å². The predicted octanol–water partition coefficient (Wildman–Crippen LogP) is 3.97. The normalized spacial score (nSPS) is 20.5. The van der Waals surface area contributed by atoms with Gasteiger partial charge in [-0.15, -0.1) is 0 Å². The molecule has 1 aliphatic carbocycles. The maximum absolute atomic E-state index is 12.2. The number of aromatic nitrogens is 1. The summed E-state index contributed by atoms with van der Waals surface area (Å²) in [5, 5.41) is 4.33. The van der Waals surface area contributed by atoms with Crippen LogP contribution in [0.3, 0.4) is 0 Å². The molecular weight excluding hydrogens is 374 g/mol. The largest absolute Gasteiger partial charge is 0.445 e. The second-order valence-electron chi connectivity index (χ2n) is 8.45. The summed E-state index contributed by atoms with van der Waals surface area (Å²) in [4.78, 5) is 14.6. The van der Waals surface area contributed by atoms with Gasteiger partial charge in [0.05, 0.1) is 0 Å². The van der Waals surface area contributed by atoms with Crippen LogP contribution in [0.25, 0.3) is 16.5 Å². The Labute approximate surface area is 176 Å². The van der Waals surface area contributed by atoms with E-state index in [-0.39, 0.29) is 12.0 Å². The van der Waals surface area contributed by atoms with E-state index in [2.05, 4.69) is 59.4 Å². The van der Waals surface area contributed by atoms with Crippen molar-refractivity contribution in [2.24, 2.45) is 13.0 Å². The topological polar surface area (TPSA) is 46.5 Å². The third-order valence-corrected chi connectivity index (χ3v) is 6.37. The van der Waals surface area contributed by atoms with Crippen molar-refractivity contribution in [1.29, 1.82) is 0 Å². The number of likely N-dealkylation sites (N-methyl/N-ethyl adjacent to an activating group) is 1. The number of aryl methyl sites for hydroxylation is 1. The number of hydrogen-bond acceptors (Lipinski definition) is 3. The fourth-order valence-electron chi connectivity index (χ4n) is 4.94. The molecule has 2 heterocycles. The van der Waals surface area contributed by atoms with Gasteiger partial charge in [-0.1, -0.05) is 48.5 Å². The summed E-state index contributed by atoms with van der Waals surface area (Å²) in [6.07, 6.45) is 5.32. The van der Waals surface area contributed by atoms with E-state index in [9.17, 15) is 4.79 Å². The van der Waals surface area contributed by atoms with Crippen molar-refractivity contribution >= 4 is 22.6 Å². The molecule has 5 nitrogen and oxygen atoms in total. The number of rotatable bonds is 4. The van der Waals surface area contributed by atoms with Crippen LogP contribution in [0.2, 0.25) is 0 Å². The quantitative estimate of drug-likeness (QED) is 0.720. The number of nitrogens with zero attached hydrogens (tertiary/aromatic N) is 2. The van der Waals surface area contributed by atoms with Crippen LogP contribution in [0.15, 0.2) is 60.8 Å². The van der Waals surface area contributed by atoms with Gasteiger partial charge in [-0.25, -0.2) is 4.79 Å². The van der Waals surface area contributed by atoms with E-state index in [1.807, 2.05) is 30.3 Å². The van der Waals surface area contributed by atoms with Crippen molar-refractivity contribution in [1.82, 2.24) is 14.8 Å². The molecule has 1 N–H and O–H groups in total. The van der Waals surface area contributed by atoms with Gasteiger partial charge in [0, 0.05) is 49.2 Å². The molecule has 5 rings (SSSR count). The first kappa shape index (κ1) is 18.9. The van der Waals surface area contributed by atoms with Crippen LogP contribution in [0.4, 0.5) is 4.79 Å². The molecule has 0 fully saturated rings. The summed E-state index contributed by atoms with van der Waals surface area (Å²) >= 11 is 0. The SMILES string of the molecule is CN1C[C@H](CNC(=O)OCc2ccccc2)C=C2c3cccc4c3c(cn4C)C[C@H]21. The zero-order chi connectivity index (χ0) is 20.7. The third kappa shape index (κ3) is 3.39. The maximum atomic E-state index is 12.2. The van der Waals surface area contributed by atoms with Crippen LogP contribution >= 0.6 is 0 Å². The van der Waals surface area contributed by atoms with Crippen molar-refractivity contribution in [2.45, 2.75) is 19.1 Å². The number of carbonyl (C=O) groups excluding carboxylic acids is 1. The molecule has 30 heavy (non-hydrogen) atoms. The minimum atomic E-state index is -0.363. The summed E-state index contributed by atoms with van der Waals surface area (Å²) in [7, 11) is 4.31. The zero-order valence-electron chi connectivity index (χ0n) is 17.5. The Kier molecular flexibility index (Phi) is 4.83. The number of ether oxygens (including phenoxy) is 1. The van der Waals surface area contributed by atoms with Crippen LogP contribution < -0.4 is 5.32 Å². The van der Waals surface area contributed by atoms with E-state index in [0.29, 0.717) is 19.2 Å². The second-order valence-corrected chi connectivity index (χ2v) is 8.45. The van der Waals surface area contributed by atoms with Crippen molar-refractivity contribution < 1.29 is 9.53 Å². The summed E-state index contributed by atoms with van der Waals surface area (Å²) in [6, 6.07) is 16.7. The average molecular weight is 402 g/mol. The van der Waals surface area contributed by atoms with Crippen LogP contribution in [-0.4, -0.2) is 41.7 Å². The molecule has 0 spiro atoms. The van der Waals surface area contributed by atoms with Gasteiger partial charge in [-0.05, 0) is 41.8 Å². The minimum Gasteiger partial charge on any atom is -0.445 e. The van der Waals surface area contributed by atoms with Gasteiger partial charge in [0.15, 0.2) is 0 Å². The molecule has 3 aromatic rings. The summed E-state index contributed by atoms with van der Waals surface area (Å²) in [6.45, 7) is 1.79. The van der Waals surface area contributed by atoms with Crippen LogP contribution in [0.1, 0.15) is 16.7 Å². The number of amides is 1. The fraction of sp³-hybridized carbons (Fsp3) is 0.320. The smallest absolute Gasteiger partial charge is 0.407 e. The molecule has 154 valence electrons. The fourth-order valence-corrected chi connectivity index (χ4v) is 4.94. The van der Waals surface area contributed by atoms with Gasteiger partial charge in [-0.2, -0.15) is 0 Å². The monoisotopic (exact) mass is 401 g/mol. The molecule has 0 saturated heterocycles. The Morgan fingerprint density at radius 2 is 1.97 bits per heavy atom. The standard InChI is InChI=1S/C25H27N3O2/c1-27-14-18(13-26-25(29)30-16-17-7-4-3-5-8-17)11-21-20-9-6-10-22-24(20)19(12-23(21)27)15-28(22)2/h3-11,15,18,23H,12-14,16H2,1-2H3,(H,26,29)/t18-,23+/m0/s1. The van der Waals surface area contributed by atoms with E-state index >= 15 is 0 Å². The average Bonchev–Trinajstić information content (AvgIpc) is 3.09. The molecule has 0 bridgehead atoms. The maximum Gasteiger partial charge on any atom is 0.407 e. The molecule has 0 unspecified atom stereocenters. The molecule has 1 aliphatic heterocycles. The number of nitrogens with one attached hydrogen (secondary N) is 1. The molecule has 0 radical (unpaired) electrons. The van der Waals surface area contributed by atoms with E-state index in [1.165, 1.54) is 27.6 Å². The summed E-state index contributed by atoms with van der Waals surface area (Å²) in [5.74, 6) is 0.256. The molecule has 0 saturated carbocycles. The Balaban J connectivity index is 1.31. The highest BCUT2D eigenvalue weighted by atomic mass is 16.5. The first-order valence-electron chi connectivity index (χ1n) is 10.5. The lowest BCUT2D eigenvalue weighted by Gasteiger charge is -2.40. The highest BCUT2D eigenvalue weighted by molar-refractivity contribution is 5.98. The highest BCUT2D eigenvalue weighted by Gasteiger charge is 2.34. The minimum absolute atomic E-state index is 0.256. The van der Waals surface area contributed by atoms with Gasteiger partial charge in [0.2, 0.25) is 0 Å². The van der Waals surface area contributed by atoms with Gasteiger partial charge < -0.3 is 14.6 Å². The van der Waals surface area contributed by atoms with E-state index in [1.54, 1.807) is 0 Å².